The van der Waals surface area contributed by atoms with E-state index in [9.17, 15) is 4.79 Å². The van der Waals surface area contributed by atoms with E-state index in [1.54, 1.807) is 18.2 Å². The van der Waals surface area contributed by atoms with E-state index in [0.717, 1.165) is 30.2 Å². The van der Waals surface area contributed by atoms with E-state index in [4.69, 9.17) is 16.7 Å². The molecule has 0 saturated carbocycles. The zero-order valence-corrected chi connectivity index (χ0v) is 12.4. The largest absolute Gasteiger partial charge is 0.396 e. The van der Waals surface area contributed by atoms with Gasteiger partial charge in [-0.25, -0.2) is 0 Å². The van der Waals surface area contributed by atoms with Crippen LogP contribution in [0.5, 0.6) is 0 Å². The second kappa shape index (κ2) is 8.51. The van der Waals surface area contributed by atoms with Gasteiger partial charge in [-0.05, 0) is 47.0 Å². The lowest BCUT2D eigenvalue weighted by atomic mass is 10.2. The van der Waals surface area contributed by atoms with Gasteiger partial charge in [-0.1, -0.05) is 24.4 Å². The molecule has 0 fully saturated rings. The molecule has 0 atom stereocenters. The highest BCUT2D eigenvalue weighted by Crippen LogP contribution is 2.23. The van der Waals surface area contributed by atoms with Gasteiger partial charge in [0.05, 0.1) is 5.02 Å². The molecule has 18 heavy (non-hydrogen) atoms. The molecular formula is C13H17BrClNO2. The number of halogens is 2. The molecule has 0 aliphatic heterocycles. The molecule has 0 aliphatic carbocycles. The van der Waals surface area contributed by atoms with Crippen molar-refractivity contribution >= 4 is 33.4 Å². The Balaban J connectivity index is 2.30. The molecule has 5 heteroatoms. The Kier molecular flexibility index (Phi) is 7.32. The molecule has 0 heterocycles. The van der Waals surface area contributed by atoms with Crippen LogP contribution in [0.2, 0.25) is 5.02 Å². The maximum Gasteiger partial charge on any atom is 0.251 e. The van der Waals surface area contributed by atoms with Crippen LogP contribution in [-0.2, 0) is 0 Å². The number of carbonyl (C=O) groups excluding carboxylic acids is 1. The number of aliphatic hydroxyl groups excluding tert-OH is 1. The minimum Gasteiger partial charge on any atom is -0.396 e. The quantitative estimate of drug-likeness (QED) is 0.751. The van der Waals surface area contributed by atoms with E-state index >= 15 is 0 Å². The average Bonchev–Trinajstić information content (AvgIpc) is 2.36. The average molecular weight is 335 g/mol. The van der Waals surface area contributed by atoms with Crippen LogP contribution >= 0.6 is 27.5 Å². The molecule has 1 amide bonds. The molecule has 0 spiro atoms. The van der Waals surface area contributed by atoms with Gasteiger partial charge in [0, 0.05) is 23.2 Å². The van der Waals surface area contributed by atoms with Crippen molar-refractivity contribution in [2.24, 2.45) is 0 Å². The summed E-state index contributed by atoms with van der Waals surface area (Å²) in [5.74, 6) is -0.105. The van der Waals surface area contributed by atoms with Crippen LogP contribution in [-0.4, -0.2) is 24.2 Å². The Hall–Kier alpha value is -0.580. The number of hydrogen-bond acceptors (Lipinski definition) is 2. The monoisotopic (exact) mass is 333 g/mol. The molecule has 1 aromatic carbocycles. The molecule has 3 nitrogen and oxygen atoms in total. The molecule has 0 saturated heterocycles. The smallest absolute Gasteiger partial charge is 0.251 e. The standard InChI is InChI=1S/C13H17BrClNO2/c14-11-6-5-10(9-12(11)15)13(18)16-7-3-1-2-4-8-17/h5-6,9,17H,1-4,7-8H2,(H,16,18). The van der Waals surface area contributed by atoms with Crippen molar-refractivity contribution < 1.29 is 9.90 Å². The minimum absolute atomic E-state index is 0.105. The van der Waals surface area contributed by atoms with Crippen LogP contribution in [0.15, 0.2) is 22.7 Å². The summed E-state index contributed by atoms with van der Waals surface area (Å²) in [6.45, 7) is 0.891. The van der Waals surface area contributed by atoms with E-state index in [-0.39, 0.29) is 12.5 Å². The predicted molar refractivity (Wildman–Crippen MR) is 77.0 cm³/mol. The van der Waals surface area contributed by atoms with Gasteiger partial charge >= 0.3 is 0 Å². The third-order valence-corrected chi connectivity index (χ3v) is 3.78. The first-order valence-corrected chi connectivity index (χ1v) is 7.16. The zero-order valence-electron chi connectivity index (χ0n) is 10.1. The van der Waals surface area contributed by atoms with Crippen molar-refractivity contribution in [1.29, 1.82) is 0 Å². The van der Waals surface area contributed by atoms with Gasteiger partial charge in [-0.15, -0.1) is 0 Å². The topological polar surface area (TPSA) is 49.3 Å². The van der Waals surface area contributed by atoms with Gasteiger partial charge in [0.15, 0.2) is 0 Å². The Labute approximate surface area is 121 Å². The maximum absolute atomic E-state index is 11.8. The summed E-state index contributed by atoms with van der Waals surface area (Å²) in [4.78, 5) is 11.8. The fraction of sp³-hybridized carbons (Fsp3) is 0.462. The number of nitrogens with one attached hydrogen (secondary N) is 1. The Morgan fingerprint density at radius 1 is 1.28 bits per heavy atom. The van der Waals surface area contributed by atoms with Crippen LogP contribution in [0.4, 0.5) is 0 Å². The first-order valence-electron chi connectivity index (χ1n) is 5.99. The lowest BCUT2D eigenvalue weighted by Gasteiger charge is -2.06. The highest BCUT2D eigenvalue weighted by Gasteiger charge is 2.06. The van der Waals surface area contributed by atoms with Crippen molar-refractivity contribution in [2.45, 2.75) is 25.7 Å². The molecule has 0 aliphatic rings. The lowest BCUT2D eigenvalue weighted by Crippen LogP contribution is -2.24. The molecule has 0 radical (unpaired) electrons. The van der Waals surface area contributed by atoms with Gasteiger partial charge in [-0.2, -0.15) is 0 Å². The SMILES string of the molecule is O=C(NCCCCCCO)c1ccc(Br)c(Cl)c1. The maximum atomic E-state index is 11.8. The van der Waals surface area contributed by atoms with Crippen molar-refractivity contribution in [3.8, 4) is 0 Å². The lowest BCUT2D eigenvalue weighted by molar-refractivity contribution is 0.0953. The van der Waals surface area contributed by atoms with Crippen molar-refractivity contribution in [1.82, 2.24) is 5.32 Å². The molecule has 0 aromatic heterocycles. The zero-order chi connectivity index (χ0) is 13.4. The van der Waals surface area contributed by atoms with Crippen LogP contribution in [0.3, 0.4) is 0 Å². The van der Waals surface area contributed by atoms with Gasteiger partial charge in [-0.3, -0.25) is 4.79 Å². The summed E-state index contributed by atoms with van der Waals surface area (Å²) < 4.78 is 0.782. The fourth-order valence-electron chi connectivity index (χ4n) is 1.53. The Bertz CT molecular complexity index is 399. The highest BCUT2D eigenvalue weighted by molar-refractivity contribution is 9.10. The highest BCUT2D eigenvalue weighted by atomic mass is 79.9. The van der Waals surface area contributed by atoms with Gasteiger partial charge < -0.3 is 10.4 Å². The predicted octanol–water partition coefficient (Wildman–Crippen LogP) is 3.39. The third-order valence-electron chi connectivity index (χ3n) is 2.55. The fourth-order valence-corrected chi connectivity index (χ4v) is 1.96. The van der Waals surface area contributed by atoms with Gasteiger partial charge in [0.25, 0.3) is 5.91 Å². The normalized spacial score (nSPS) is 10.4. The second-order valence-electron chi connectivity index (χ2n) is 4.02. The number of amides is 1. The summed E-state index contributed by atoms with van der Waals surface area (Å²) in [7, 11) is 0. The molecule has 0 bridgehead atoms. The van der Waals surface area contributed by atoms with Crippen LogP contribution < -0.4 is 5.32 Å². The Morgan fingerprint density at radius 3 is 2.67 bits per heavy atom. The van der Waals surface area contributed by atoms with Gasteiger partial charge in [0.2, 0.25) is 0 Å². The van der Waals surface area contributed by atoms with E-state index in [2.05, 4.69) is 21.2 Å². The Morgan fingerprint density at radius 2 is 2.00 bits per heavy atom. The number of rotatable bonds is 7. The first kappa shape index (κ1) is 15.5. The minimum atomic E-state index is -0.105. The van der Waals surface area contributed by atoms with Crippen LogP contribution in [0.25, 0.3) is 0 Å². The van der Waals surface area contributed by atoms with Crippen molar-refractivity contribution in [2.75, 3.05) is 13.2 Å². The van der Waals surface area contributed by atoms with Gasteiger partial charge in [0.1, 0.15) is 0 Å². The summed E-state index contributed by atoms with van der Waals surface area (Å²) in [5, 5.41) is 12.0. The van der Waals surface area contributed by atoms with Crippen molar-refractivity contribution in [3.63, 3.8) is 0 Å². The number of hydrogen-bond donors (Lipinski definition) is 2. The third kappa shape index (κ3) is 5.38. The molecule has 1 aromatic rings. The summed E-state index contributed by atoms with van der Waals surface area (Å²) >= 11 is 9.21. The second-order valence-corrected chi connectivity index (χ2v) is 5.28. The van der Waals surface area contributed by atoms with E-state index in [1.165, 1.54) is 0 Å². The number of aliphatic hydroxyl groups is 1. The van der Waals surface area contributed by atoms with Crippen LogP contribution in [0.1, 0.15) is 36.0 Å². The molecule has 100 valence electrons. The number of unbranched alkanes of at least 4 members (excludes halogenated alkanes) is 3. The van der Waals surface area contributed by atoms with E-state index in [0.29, 0.717) is 17.1 Å². The molecule has 2 N–H and O–H groups in total. The number of carbonyl (C=O) groups is 1. The summed E-state index contributed by atoms with van der Waals surface area (Å²) in [6.07, 6.45) is 3.77. The van der Waals surface area contributed by atoms with Crippen molar-refractivity contribution in [3.05, 3.63) is 33.3 Å². The van der Waals surface area contributed by atoms with E-state index < -0.39 is 0 Å². The summed E-state index contributed by atoms with van der Waals surface area (Å²) in [5.41, 5.74) is 0.568. The number of benzene rings is 1. The molecular weight excluding hydrogens is 318 g/mol. The molecule has 1 rings (SSSR count). The summed E-state index contributed by atoms with van der Waals surface area (Å²) in [6, 6.07) is 5.14. The first-order chi connectivity index (χ1) is 8.65. The van der Waals surface area contributed by atoms with E-state index in [1.807, 2.05) is 0 Å². The van der Waals surface area contributed by atoms with Crippen LogP contribution in [0, 0.1) is 0 Å². The molecule has 0 unspecified atom stereocenters.